The normalized spacial score (nSPS) is 14.4. The highest BCUT2D eigenvalue weighted by molar-refractivity contribution is 4.66. The average molecular weight is 209 g/mol. The lowest BCUT2D eigenvalue weighted by Gasteiger charge is -2.14. The Labute approximate surface area is 84.5 Å². The quantitative estimate of drug-likeness (QED) is 0.602. The summed E-state index contributed by atoms with van der Waals surface area (Å²) in [5.41, 5.74) is 5.67. The maximum atomic E-state index is 12.4. The summed E-state index contributed by atoms with van der Waals surface area (Å²) >= 11 is 0. The van der Waals surface area contributed by atoms with Gasteiger partial charge in [-0.05, 0) is 26.2 Å². The zero-order chi connectivity index (χ0) is 11.0. The number of hydrogen-bond donors (Lipinski definition) is 2. The van der Waals surface area contributed by atoms with Gasteiger partial charge in [0.15, 0.2) is 0 Å². The van der Waals surface area contributed by atoms with Crippen molar-refractivity contribution in [2.45, 2.75) is 57.4 Å². The molecule has 2 nitrogen and oxygen atoms in total. The van der Waals surface area contributed by atoms with Crippen LogP contribution in [0.5, 0.6) is 0 Å². The number of alkyl halides is 2. The fourth-order valence-corrected chi connectivity index (χ4v) is 1.28. The second-order valence-electron chi connectivity index (χ2n) is 3.94. The van der Waals surface area contributed by atoms with Crippen LogP contribution in [0.4, 0.5) is 8.78 Å². The Morgan fingerprint density at radius 3 is 2.36 bits per heavy atom. The smallest absolute Gasteiger partial charge is 0.245 e. The average Bonchev–Trinajstić information content (AvgIpc) is 2.08. The third kappa shape index (κ3) is 9.86. The summed E-state index contributed by atoms with van der Waals surface area (Å²) in [7, 11) is 0. The molecule has 0 heterocycles. The Kier molecular flexibility index (Phi) is 7.01. The van der Waals surface area contributed by atoms with E-state index in [-0.39, 0.29) is 19.1 Å². The third-order valence-corrected chi connectivity index (χ3v) is 2.19. The molecule has 0 saturated heterocycles. The summed E-state index contributed by atoms with van der Waals surface area (Å²) < 4.78 is 24.9. The van der Waals surface area contributed by atoms with Crippen LogP contribution in [0.2, 0.25) is 0 Å². The lowest BCUT2D eigenvalue weighted by molar-refractivity contribution is 0.00902. The van der Waals surface area contributed by atoms with Crippen molar-refractivity contribution in [3.8, 4) is 0 Å². The Bertz CT molecular complexity index is 137. The number of unbranched alkanes of at least 4 members (excludes halogenated alkanes) is 2. The van der Waals surface area contributed by atoms with E-state index in [4.69, 9.17) is 10.8 Å². The summed E-state index contributed by atoms with van der Waals surface area (Å²) in [6.07, 6.45) is 3.63. The first-order valence-corrected chi connectivity index (χ1v) is 5.20. The number of hydrogen-bond acceptors (Lipinski definition) is 2. The monoisotopic (exact) mass is 209 g/mol. The fraction of sp³-hybridized carbons (Fsp3) is 1.00. The van der Waals surface area contributed by atoms with Crippen molar-refractivity contribution in [1.29, 1.82) is 0 Å². The van der Waals surface area contributed by atoms with Gasteiger partial charge in [0.1, 0.15) is 0 Å². The molecule has 0 radical (unpaired) electrons. The molecule has 0 aliphatic carbocycles. The first kappa shape index (κ1) is 13.8. The van der Waals surface area contributed by atoms with Crippen LogP contribution in [-0.2, 0) is 0 Å². The Morgan fingerprint density at radius 2 is 1.86 bits per heavy atom. The predicted octanol–water partition coefficient (Wildman–Crippen LogP) is 2.30. The Hall–Kier alpha value is -0.220. The summed E-state index contributed by atoms with van der Waals surface area (Å²) in [6.45, 7) is 1.12. The van der Waals surface area contributed by atoms with Gasteiger partial charge in [-0.25, -0.2) is 8.78 Å². The molecule has 0 aromatic heterocycles. The van der Waals surface area contributed by atoms with Gasteiger partial charge in [-0.15, -0.1) is 0 Å². The molecule has 0 bridgehead atoms. The number of rotatable bonds is 8. The van der Waals surface area contributed by atoms with Crippen LogP contribution < -0.4 is 5.73 Å². The zero-order valence-corrected chi connectivity index (χ0v) is 8.81. The van der Waals surface area contributed by atoms with Crippen LogP contribution >= 0.6 is 0 Å². The SMILES string of the molecule is CC(F)(F)CCC(N)CCCCCO. The minimum atomic E-state index is -2.59. The van der Waals surface area contributed by atoms with E-state index in [0.717, 1.165) is 32.6 Å². The second-order valence-corrected chi connectivity index (χ2v) is 3.94. The van der Waals surface area contributed by atoms with Gasteiger partial charge in [0.2, 0.25) is 5.92 Å². The van der Waals surface area contributed by atoms with E-state index in [1.807, 2.05) is 0 Å². The molecule has 0 spiro atoms. The van der Waals surface area contributed by atoms with Gasteiger partial charge < -0.3 is 10.8 Å². The van der Waals surface area contributed by atoms with Crippen molar-refractivity contribution >= 4 is 0 Å². The first-order chi connectivity index (χ1) is 6.45. The maximum absolute atomic E-state index is 12.4. The van der Waals surface area contributed by atoms with Crippen LogP contribution in [0.25, 0.3) is 0 Å². The molecule has 0 fully saturated rings. The molecule has 0 aliphatic rings. The number of halogens is 2. The van der Waals surface area contributed by atoms with Gasteiger partial charge in [-0.3, -0.25) is 0 Å². The van der Waals surface area contributed by atoms with Crippen LogP contribution in [0.15, 0.2) is 0 Å². The van der Waals surface area contributed by atoms with Gasteiger partial charge >= 0.3 is 0 Å². The highest BCUT2D eigenvalue weighted by atomic mass is 19.3. The van der Waals surface area contributed by atoms with Gasteiger partial charge in [0.25, 0.3) is 0 Å². The van der Waals surface area contributed by atoms with E-state index in [1.165, 1.54) is 0 Å². The first-order valence-electron chi connectivity index (χ1n) is 5.20. The second kappa shape index (κ2) is 7.12. The van der Waals surface area contributed by atoms with Gasteiger partial charge in [-0.2, -0.15) is 0 Å². The zero-order valence-electron chi connectivity index (χ0n) is 8.81. The van der Waals surface area contributed by atoms with E-state index in [2.05, 4.69) is 0 Å². The summed E-state index contributed by atoms with van der Waals surface area (Å²) in [4.78, 5) is 0. The highest BCUT2D eigenvalue weighted by Crippen LogP contribution is 2.20. The maximum Gasteiger partial charge on any atom is 0.245 e. The molecule has 1 unspecified atom stereocenters. The summed E-state index contributed by atoms with van der Waals surface area (Å²) in [5, 5.41) is 8.51. The van der Waals surface area contributed by atoms with Crippen LogP contribution in [0.1, 0.15) is 45.4 Å². The highest BCUT2D eigenvalue weighted by Gasteiger charge is 2.21. The van der Waals surface area contributed by atoms with Crippen molar-refractivity contribution < 1.29 is 13.9 Å². The molecule has 0 amide bonds. The van der Waals surface area contributed by atoms with Gasteiger partial charge in [-0.1, -0.05) is 12.8 Å². The molecule has 3 N–H and O–H groups in total. The molecule has 0 rings (SSSR count). The summed E-state index contributed by atoms with van der Waals surface area (Å²) in [5.74, 6) is -2.59. The number of aliphatic hydroxyl groups excluding tert-OH is 1. The minimum Gasteiger partial charge on any atom is -0.396 e. The molecule has 0 aromatic carbocycles. The van der Waals surface area contributed by atoms with Crippen LogP contribution in [0, 0.1) is 0 Å². The molecule has 0 aromatic rings. The summed E-state index contributed by atoms with van der Waals surface area (Å²) in [6, 6.07) is -0.125. The third-order valence-electron chi connectivity index (χ3n) is 2.19. The molecule has 0 aliphatic heterocycles. The van der Waals surface area contributed by atoms with Crippen molar-refractivity contribution in [3.63, 3.8) is 0 Å². The van der Waals surface area contributed by atoms with E-state index < -0.39 is 5.92 Å². The number of nitrogens with two attached hydrogens (primary N) is 1. The molecule has 1 atom stereocenters. The van der Waals surface area contributed by atoms with Crippen LogP contribution in [-0.4, -0.2) is 23.7 Å². The topological polar surface area (TPSA) is 46.2 Å². The standard InChI is InChI=1S/C10H21F2NO/c1-10(11,12)7-6-9(13)5-3-2-4-8-14/h9,14H,2-8,13H2,1H3. The van der Waals surface area contributed by atoms with E-state index >= 15 is 0 Å². The van der Waals surface area contributed by atoms with Crippen molar-refractivity contribution in [3.05, 3.63) is 0 Å². The van der Waals surface area contributed by atoms with Gasteiger partial charge in [0.05, 0.1) is 0 Å². The molecular formula is C10H21F2NO. The lowest BCUT2D eigenvalue weighted by atomic mass is 10.0. The Morgan fingerprint density at radius 1 is 1.21 bits per heavy atom. The molecule has 0 saturated carbocycles. The van der Waals surface area contributed by atoms with E-state index in [1.54, 1.807) is 0 Å². The minimum absolute atomic E-state index is 0.125. The molecule has 86 valence electrons. The van der Waals surface area contributed by atoms with Crippen LogP contribution in [0.3, 0.4) is 0 Å². The lowest BCUT2D eigenvalue weighted by Crippen LogP contribution is -2.23. The van der Waals surface area contributed by atoms with E-state index in [0.29, 0.717) is 6.42 Å². The largest absolute Gasteiger partial charge is 0.396 e. The number of aliphatic hydroxyl groups is 1. The van der Waals surface area contributed by atoms with Crippen molar-refractivity contribution in [2.75, 3.05) is 6.61 Å². The fourth-order valence-electron chi connectivity index (χ4n) is 1.28. The Balaban J connectivity index is 3.32. The van der Waals surface area contributed by atoms with E-state index in [9.17, 15) is 8.78 Å². The molecule has 4 heteroatoms. The molecular weight excluding hydrogens is 188 g/mol. The predicted molar refractivity (Wildman–Crippen MR) is 53.4 cm³/mol. The van der Waals surface area contributed by atoms with Crippen molar-refractivity contribution in [1.82, 2.24) is 0 Å². The molecule has 14 heavy (non-hydrogen) atoms. The van der Waals surface area contributed by atoms with Crippen molar-refractivity contribution in [2.24, 2.45) is 5.73 Å². The van der Waals surface area contributed by atoms with Gasteiger partial charge in [0, 0.05) is 19.1 Å².